The van der Waals surface area contributed by atoms with Gasteiger partial charge in [-0.3, -0.25) is 9.59 Å². The predicted molar refractivity (Wildman–Crippen MR) is 109 cm³/mol. The molecule has 0 aliphatic carbocycles. The molecule has 1 aromatic carbocycles. The van der Waals surface area contributed by atoms with E-state index in [9.17, 15) is 14.4 Å². The summed E-state index contributed by atoms with van der Waals surface area (Å²) < 4.78 is 6.98. The summed E-state index contributed by atoms with van der Waals surface area (Å²) in [5.41, 5.74) is 2.39. The van der Waals surface area contributed by atoms with Crippen LogP contribution in [0.2, 0.25) is 0 Å². The van der Waals surface area contributed by atoms with Crippen LogP contribution in [0.1, 0.15) is 35.9 Å². The Bertz CT molecular complexity index is 1140. The zero-order chi connectivity index (χ0) is 21.3. The fourth-order valence-corrected chi connectivity index (χ4v) is 3.37. The molecule has 4 rings (SSSR count). The number of ether oxygens (including phenoxy) is 1. The molecule has 9 heteroatoms. The molecule has 9 nitrogen and oxygen atoms in total. The van der Waals surface area contributed by atoms with Gasteiger partial charge in [0.05, 0.1) is 5.69 Å². The summed E-state index contributed by atoms with van der Waals surface area (Å²) in [4.78, 5) is 47.0. The second kappa shape index (κ2) is 7.94. The van der Waals surface area contributed by atoms with Crippen molar-refractivity contribution in [1.82, 2.24) is 14.4 Å². The van der Waals surface area contributed by atoms with Crippen LogP contribution >= 0.6 is 0 Å². The first-order valence-electron chi connectivity index (χ1n) is 9.65. The van der Waals surface area contributed by atoms with E-state index in [-0.39, 0.29) is 11.6 Å². The maximum Gasteiger partial charge on any atom is 0.361 e. The molecule has 1 fully saturated rings. The molecule has 0 saturated carbocycles. The smallest absolute Gasteiger partial charge is 0.361 e. The highest BCUT2D eigenvalue weighted by atomic mass is 16.5. The number of hydrogen-bond acceptors (Lipinski definition) is 6. The van der Waals surface area contributed by atoms with E-state index < -0.39 is 18.0 Å². The van der Waals surface area contributed by atoms with Crippen molar-refractivity contribution in [2.24, 2.45) is 0 Å². The minimum absolute atomic E-state index is 0.0415. The van der Waals surface area contributed by atoms with Crippen molar-refractivity contribution in [3.63, 3.8) is 0 Å². The van der Waals surface area contributed by atoms with Gasteiger partial charge in [0.25, 0.3) is 5.91 Å². The predicted octanol–water partition coefficient (Wildman–Crippen LogP) is 2.35. The molecule has 2 aromatic heterocycles. The molecule has 0 bridgehead atoms. The van der Waals surface area contributed by atoms with Crippen LogP contribution in [0.25, 0.3) is 5.65 Å². The Balaban J connectivity index is 1.44. The third-order valence-electron chi connectivity index (χ3n) is 4.84. The average molecular weight is 407 g/mol. The Kier molecular flexibility index (Phi) is 5.18. The van der Waals surface area contributed by atoms with Crippen LogP contribution in [-0.2, 0) is 14.3 Å². The lowest BCUT2D eigenvalue weighted by Gasteiger charge is -2.18. The second-order valence-corrected chi connectivity index (χ2v) is 7.13. The molecule has 1 saturated heterocycles. The van der Waals surface area contributed by atoms with E-state index in [4.69, 9.17) is 4.74 Å². The fraction of sp³-hybridized carbons (Fsp3) is 0.286. The molecule has 1 aliphatic rings. The van der Waals surface area contributed by atoms with Crippen molar-refractivity contribution in [1.29, 1.82) is 0 Å². The lowest BCUT2D eigenvalue weighted by atomic mass is 10.2. The summed E-state index contributed by atoms with van der Waals surface area (Å²) in [7, 11) is 0. The van der Waals surface area contributed by atoms with Crippen LogP contribution in [0.15, 0.2) is 42.9 Å². The van der Waals surface area contributed by atoms with Gasteiger partial charge in [-0.05, 0) is 38.5 Å². The van der Waals surface area contributed by atoms with Crippen molar-refractivity contribution >= 4 is 34.8 Å². The normalized spacial score (nSPS) is 14.7. The van der Waals surface area contributed by atoms with Gasteiger partial charge < -0.3 is 19.4 Å². The summed E-state index contributed by atoms with van der Waals surface area (Å²) in [5, 5.41) is 2.72. The number of nitrogens with one attached hydrogen (secondary N) is 1. The van der Waals surface area contributed by atoms with Crippen LogP contribution < -0.4 is 10.2 Å². The number of esters is 1. The SMILES string of the molecule is Cc1cn2ccnc(C(=O)OC(C)C(=O)Nc3cccc(N4CCCC4=O)c3)c2n1. The van der Waals surface area contributed by atoms with Crippen LogP contribution in [0.3, 0.4) is 0 Å². The van der Waals surface area contributed by atoms with E-state index in [0.29, 0.717) is 24.3 Å². The minimum atomic E-state index is -1.05. The summed E-state index contributed by atoms with van der Waals surface area (Å²) in [6.07, 6.45) is 5.22. The molecule has 3 heterocycles. The Morgan fingerprint density at radius 2 is 2.13 bits per heavy atom. The molecule has 1 unspecified atom stereocenters. The molecule has 1 N–H and O–H groups in total. The van der Waals surface area contributed by atoms with E-state index in [0.717, 1.165) is 17.8 Å². The highest BCUT2D eigenvalue weighted by Crippen LogP contribution is 2.24. The summed E-state index contributed by atoms with van der Waals surface area (Å²) >= 11 is 0. The third kappa shape index (κ3) is 3.86. The van der Waals surface area contributed by atoms with Crippen molar-refractivity contribution in [2.75, 3.05) is 16.8 Å². The number of aryl methyl sites for hydroxylation is 1. The Hall–Kier alpha value is -3.75. The molecule has 1 aliphatic heterocycles. The first-order valence-corrected chi connectivity index (χ1v) is 9.65. The Labute approximate surface area is 172 Å². The molecule has 1 atom stereocenters. The lowest BCUT2D eigenvalue weighted by Crippen LogP contribution is -2.30. The number of amides is 2. The number of benzene rings is 1. The number of hydrogen-bond donors (Lipinski definition) is 1. The van der Waals surface area contributed by atoms with Gasteiger partial charge in [-0.1, -0.05) is 6.07 Å². The van der Waals surface area contributed by atoms with E-state index in [1.54, 1.807) is 39.9 Å². The molecule has 30 heavy (non-hydrogen) atoms. The number of carbonyl (C=O) groups excluding carboxylic acids is 3. The lowest BCUT2D eigenvalue weighted by molar-refractivity contribution is -0.123. The van der Waals surface area contributed by atoms with Crippen molar-refractivity contribution in [3.8, 4) is 0 Å². The standard InChI is InChI=1S/C21H21N5O4/c1-13-12-25-10-8-22-18(19(25)23-13)21(29)30-14(2)20(28)24-15-5-3-6-16(11-15)26-9-4-7-17(26)27/h3,5-6,8,10-12,14H,4,7,9H2,1-2H3,(H,24,28). The average Bonchev–Trinajstić information content (AvgIpc) is 3.32. The number of nitrogens with zero attached hydrogens (tertiary/aromatic N) is 4. The summed E-state index contributed by atoms with van der Waals surface area (Å²) in [6, 6.07) is 7.02. The number of fused-ring (bicyclic) bond motifs is 1. The monoisotopic (exact) mass is 407 g/mol. The van der Waals surface area contributed by atoms with Crippen LogP contribution in [0.5, 0.6) is 0 Å². The summed E-state index contributed by atoms with van der Waals surface area (Å²) in [6.45, 7) is 3.95. The maximum atomic E-state index is 12.5. The van der Waals surface area contributed by atoms with Gasteiger partial charge in [-0.2, -0.15) is 0 Å². The third-order valence-corrected chi connectivity index (χ3v) is 4.84. The van der Waals surface area contributed by atoms with E-state index >= 15 is 0 Å². The molecule has 154 valence electrons. The van der Waals surface area contributed by atoms with Gasteiger partial charge in [0, 0.05) is 42.9 Å². The zero-order valence-electron chi connectivity index (χ0n) is 16.7. The van der Waals surface area contributed by atoms with Gasteiger partial charge in [-0.25, -0.2) is 14.8 Å². The molecule has 0 spiro atoms. The number of rotatable bonds is 5. The molecular formula is C21H21N5O4. The number of imidazole rings is 1. The Morgan fingerprint density at radius 3 is 2.90 bits per heavy atom. The molecular weight excluding hydrogens is 386 g/mol. The van der Waals surface area contributed by atoms with E-state index in [1.165, 1.54) is 13.1 Å². The number of carbonyl (C=O) groups is 3. The first kappa shape index (κ1) is 19.6. The van der Waals surface area contributed by atoms with Gasteiger partial charge in [-0.15, -0.1) is 0 Å². The van der Waals surface area contributed by atoms with Crippen molar-refractivity contribution < 1.29 is 19.1 Å². The van der Waals surface area contributed by atoms with Gasteiger partial charge >= 0.3 is 5.97 Å². The summed E-state index contributed by atoms with van der Waals surface area (Å²) in [5.74, 6) is -1.15. The highest BCUT2D eigenvalue weighted by molar-refractivity contribution is 6.00. The second-order valence-electron chi connectivity index (χ2n) is 7.13. The van der Waals surface area contributed by atoms with E-state index in [1.807, 2.05) is 13.0 Å². The molecule has 2 amide bonds. The van der Waals surface area contributed by atoms with Gasteiger partial charge in [0.15, 0.2) is 17.4 Å². The Morgan fingerprint density at radius 1 is 1.30 bits per heavy atom. The zero-order valence-corrected chi connectivity index (χ0v) is 16.7. The van der Waals surface area contributed by atoms with E-state index in [2.05, 4.69) is 15.3 Å². The quantitative estimate of drug-likeness (QED) is 0.651. The topological polar surface area (TPSA) is 106 Å². The molecule has 0 radical (unpaired) electrons. The van der Waals surface area contributed by atoms with Crippen molar-refractivity contribution in [2.45, 2.75) is 32.8 Å². The highest BCUT2D eigenvalue weighted by Gasteiger charge is 2.24. The maximum absolute atomic E-state index is 12.5. The largest absolute Gasteiger partial charge is 0.448 e. The van der Waals surface area contributed by atoms with Crippen LogP contribution in [0.4, 0.5) is 11.4 Å². The van der Waals surface area contributed by atoms with Gasteiger partial charge in [0.2, 0.25) is 5.91 Å². The van der Waals surface area contributed by atoms with Crippen molar-refractivity contribution in [3.05, 3.63) is 54.2 Å². The number of aromatic nitrogens is 3. The van der Waals surface area contributed by atoms with Crippen LogP contribution in [0, 0.1) is 6.92 Å². The van der Waals surface area contributed by atoms with Crippen LogP contribution in [-0.4, -0.2) is 44.8 Å². The van der Waals surface area contributed by atoms with Gasteiger partial charge in [0.1, 0.15) is 0 Å². The first-order chi connectivity index (χ1) is 14.4. The minimum Gasteiger partial charge on any atom is -0.448 e. The fourth-order valence-electron chi connectivity index (χ4n) is 3.37. The number of anilines is 2. The molecule has 3 aromatic rings.